The molecule has 6 N–H and O–H groups in total. The fraction of sp³-hybridized carbons (Fsp3) is 0. The zero-order valence-electron chi connectivity index (χ0n) is 23.8. The molecule has 4 rings (SSSR count). The second kappa shape index (κ2) is 17.0. The van der Waals surface area contributed by atoms with E-state index >= 15 is 0 Å². The van der Waals surface area contributed by atoms with Crippen molar-refractivity contribution >= 4 is 105 Å². The Kier molecular flexibility index (Phi) is 15.3. The molecule has 0 spiro atoms. The molecule has 4 aromatic carbocycles. The van der Waals surface area contributed by atoms with Gasteiger partial charge in [0.15, 0.2) is 11.5 Å². The number of phenolic OH excluding ortho intramolecular Hbond substituents is 2. The number of nitrogens with zero attached hydrogens (tertiary/aromatic N) is 4. The summed E-state index contributed by atoms with van der Waals surface area (Å²) in [5.41, 5.74) is -2.67. The molecule has 0 heterocycles. The average Bonchev–Trinajstić information content (AvgIpc) is 2.94. The number of phenols is 2. The molecule has 0 atom stereocenters. The number of halogens is 2. The molecule has 0 amide bonds. The van der Waals surface area contributed by atoms with Crippen LogP contribution in [-0.4, -0.2) is 42.8 Å². The summed E-state index contributed by atoms with van der Waals surface area (Å²) in [7, 11) is -15.5. The van der Waals surface area contributed by atoms with Crippen molar-refractivity contribution < 1.29 is 126 Å². The van der Waals surface area contributed by atoms with Crippen molar-refractivity contribution in [1.82, 2.24) is 0 Å². The first-order chi connectivity index (χ1) is 21.3. The maximum absolute atomic E-state index is 12.2. The number of hydrogen-bond acceptors (Lipinski definition) is 15. The van der Waals surface area contributed by atoms with Crippen LogP contribution >= 0.6 is 50.4 Å². The Morgan fingerprint density at radius 3 is 1.65 bits per heavy atom. The molecular weight excluding hydrogens is 787 g/mol. The smallest absolute Gasteiger partial charge is 0.744 e. The monoisotopic (exact) mass is 800 g/mol. The minimum absolute atomic E-state index is 0. The number of aromatic hydroxyl groups is 2. The van der Waals surface area contributed by atoms with Crippen LogP contribution in [0.15, 0.2) is 78.8 Å². The first-order valence-corrected chi connectivity index (χ1v) is 17.7. The number of hydrogen-bond donors (Lipinski definition) is 6. The molecule has 48 heavy (non-hydrogen) atoms. The van der Waals surface area contributed by atoms with Gasteiger partial charge >= 0.3 is 74.3 Å². The number of fused-ring (bicyclic) bond motifs is 1. The zero-order chi connectivity index (χ0) is 34.2. The third-order valence-electron chi connectivity index (χ3n) is 5.69. The molecular formula is C22H14Cl2N4Na2O14P2S2. The molecule has 0 aliphatic heterocycles. The van der Waals surface area contributed by atoms with Gasteiger partial charge in [0.25, 0.3) is 0 Å². The molecule has 0 saturated heterocycles. The van der Waals surface area contributed by atoms with Crippen molar-refractivity contribution in [1.29, 1.82) is 0 Å². The minimum atomic E-state index is -5.48. The second-order valence-corrected chi connectivity index (χ2v) is 14.8. The van der Waals surface area contributed by atoms with Crippen LogP contribution in [0.2, 0.25) is 10.0 Å². The van der Waals surface area contributed by atoms with Crippen LogP contribution in [0.5, 0.6) is 11.5 Å². The summed E-state index contributed by atoms with van der Waals surface area (Å²) >= 11 is 11.7. The molecule has 26 heteroatoms. The van der Waals surface area contributed by atoms with Crippen LogP contribution < -0.4 is 75.0 Å². The largest absolute Gasteiger partial charge is 1.00 e. The van der Waals surface area contributed by atoms with Gasteiger partial charge in [-0.25, -0.2) is 8.42 Å². The molecule has 0 unspecified atom stereocenters. The van der Waals surface area contributed by atoms with E-state index < -0.39 is 80.4 Å². The van der Waals surface area contributed by atoms with Crippen molar-refractivity contribution in [2.75, 3.05) is 0 Å². The Balaban J connectivity index is 0.00000400. The van der Waals surface area contributed by atoms with E-state index in [4.69, 9.17) is 23.2 Å². The predicted molar refractivity (Wildman–Crippen MR) is 158 cm³/mol. The molecule has 4 aromatic rings. The fourth-order valence-corrected chi connectivity index (χ4v) is 6.88. The van der Waals surface area contributed by atoms with Crippen LogP contribution in [-0.2, 0) is 28.6 Å². The van der Waals surface area contributed by atoms with E-state index in [0.717, 1.165) is 36.4 Å². The van der Waals surface area contributed by atoms with Crippen LogP contribution in [0.4, 0.5) is 22.7 Å². The van der Waals surface area contributed by atoms with E-state index in [0.29, 0.717) is 6.07 Å². The third kappa shape index (κ3) is 10.1. The molecule has 0 radical (unpaired) electrons. The van der Waals surface area contributed by atoms with Crippen molar-refractivity contribution in [3.63, 3.8) is 0 Å². The summed E-state index contributed by atoms with van der Waals surface area (Å²) in [6, 6.07) is 7.83. The number of azo groups is 2. The van der Waals surface area contributed by atoms with Gasteiger partial charge in [0.05, 0.1) is 37.8 Å². The first kappa shape index (κ1) is 43.1. The summed E-state index contributed by atoms with van der Waals surface area (Å²) in [5, 5.41) is 48.0. The van der Waals surface area contributed by atoms with Crippen LogP contribution in [0.25, 0.3) is 10.8 Å². The molecule has 0 fully saturated rings. The van der Waals surface area contributed by atoms with Gasteiger partial charge in [0.1, 0.15) is 32.9 Å². The SMILES string of the molecule is O=P(O)(O)c1cc(Cl)ccc1N=Nc1c(SOO[O-])cc2cc(S(=O)(=O)[O-])c(N=Nc3ccc(Cl)cc3P(=O)(O)O)c(O)c2c1O.[Na+].[Na+]. The summed E-state index contributed by atoms with van der Waals surface area (Å²) in [6.45, 7) is 0. The van der Waals surface area contributed by atoms with Gasteiger partial charge in [-0.3, -0.25) is 14.2 Å². The van der Waals surface area contributed by atoms with E-state index in [2.05, 4.69) is 29.8 Å². The molecule has 244 valence electrons. The Hall–Kier alpha value is -1.04. The van der Waals surface area contributed by atoms with Crippen molar-refractivity contribution in [3.05, 3.63) is 58.6 Å². The first-order valence-electron chi connectivity index (χ1n) is 11.5. The van der Waals surface area contributed by atoms with E-state index in [-0.39, 0.29) is 91.5 Å². The van der Waals surface area contributed by atoms with Crippen LogP contribution in [0.1, 0.15) is 0 Å². The van der Waals surface area contributed by atoms with Gasteiger partial charge in [-0.2, -0.15) is 4.33 Å². The zero-order valence-corrected chi connectivity index (χ0v) is 32.8. The number of rotatable bonds is 10. The Morgan fingerprint density at radius 1 is 0.750 bits per heavy atom. The van der Waals surface area contributed by atoms with Crippen molar-refractivity contribution in [2.24, 2.45) is 20.5 Å². The summed E-state index contributed by atoms with van der Waals surface area (Å²) < 4.78 is 64.6. The molecule has 0 aliphatic rings. The van der Waals surface area contributed by atoms with E-state index in [9.17, 15) is 57.1 Å². The van der Waals surface area contributed by atoms with Crippen molar-refractivity contribution in [2.45, 2.75) is 9.79 Å². The third-order valence-corrected chi connectivity index (χ3v) is 9.60. The maximum atomic E-state index is 12.2. The maximum Gasteiger partial charge on any atom is 1.00 e. The Bertz CT molecular complexity index is 2150. The molecule has 0 saturated carbocycles. The van der Waals surface area contributed by atoms with Gasteiger partial charge in [-0.05, 0) is 53.9 Å². The normalized spacial score (nSPS) is 12.4. The predicted octanol–water partition coefficient (Wildman–Crippen LogP) is -1.86. The Labute approximate surface area is 327 Å². The molecule has 0 aliphatic carbocycles. The second-order valence-electron chi connectivity index (χ2n) is 8.67. The minimum Gasteiger partial charge on any atom is -0.744 e. The van der Waals surface area contributed by atoms with E-state index in [1.165, 1.54) is 6.07 Å². The van der Waals surface area contributed by atoms with Crippen LogP contribution in [0, 0.1) is 0 Å². The van der Waals surface area contributed by atoms with Gasteiger partial charge < -0.3 is 39.6 Å². The van der Waals surface area contributed by atoms with Gasteiger partial charge in [-0.1, -0.05) is 23.2 Å². The van der Waals surface area contributed by atoms with Gasteiger partial charge in [0, 0.05) is 10.0 Å². The topological polar surface area (TPSA) is 304 Å². The van der Waals surface area contributed by atoms with E-state index in [1.807, 2.05) is 0 Å². The molecule has 0 bridgehead atoms. The standard InChI is InChI=1S/C22H16Cl2N4O14P2S2.2Na/c23-10-1-3-12(14(7-10)43(32,33)34)25-27-19-16(45-42-41-31)5-9-6-17(46(38,39)40)20(22(30)18(9)21(19)29)28-26-13-4-2-11(24)8-15(13)44(35,36)37;;/h1-8,29-31H,(H2,32,33,34)(H2,35,36,37)(H,38,39,40);;/q;2*+1/p-2. The summed E-state index contributed by atoms with van der Waals surface area (Å²) in [6.07, 6.45) is 0. The van der Waals surface area contributed by atoms with Gasteiger partial charge in [-0.15, -0.1) is 20.5 Å². The fourth-order valence-electron chi connectivity index (χ4n) is 3.80. The summed E-state index contributed by atoms with van der Waals surface area (Å²) in [5.74, 6) is -2.22. The number of benzene rings is 4. The van der Waals surface area contributed by atoms with Crippen molar-refractivity contribution in [3.8, 4) is 11.5 Å². The quantitative estimate of drug-likeness (QED) is 0.0195. The average molecular weight is 801 g/mol. The Morgan fingerprint density at radius 2 is 1.21 bits per heavy atom. The molecule has 18 nitrogen and oxygen atoms in total. The van der Waals surface area contributed by atoms with E-state index in [1.54, 1.807) is 0 Å². The molecule has 0 aromatic heterocycles. The van der Waals surface area contributed by atoms with Crippen LogP contribution in [0.3, 0.4) is 0 Å². The summed E-state index contributed by atoms with van der Waals surface area (Å²) in [4.78, 5) is 37.1. The van der Waals surface area contributed by atoms with Gasteiger partial charge in [0.2, 0.25) is 0 Å².